The number of nitrogens with one attached hydrogen (secondary N) is 1. The fourth-order valence-electron chi connectivity index (χ4n) is 5.23. The van der Waals surface area contributed by atoms with Gasteiger partial charge in [0.15, 0.2) is 5.96 Å². The van der Waals surface area contributed by atoms with Gasteiger partial charge in [0.25, 0.3) is 0 Å². The number of aromatic carboxylic acids is 1. The molecule has 8 nitrogen and oxygen atoms in total. The van der Waals surface area contributed by atoms with Gasteiger partial charge in [-0.3, -0.25) is 10.2 Å². The zero-order valence-corrected chi connectivity index (χ0v) is 17.9. The van der Waals surface area contributed by atoms with E-state index in [-0.39, 0.29) is 29.3 Å². The lowest BCUT2D eigenvalue weighted by Crippen LogP contribution is -2.41. The zero-order chi connectivity index (χ0) is 22.1. The van der Waals surface area contributed by atoms with Crippen molar-refractivity contribution in [3.63, 3.8) is 0 Å². The molecule has 4 rings (SSSR count). The molecule has 0 aromatic heterocycles. The molecule has 9 heteroatoms. The fourth-order valence-corrected chi connectivity index (χ4v) is 5.23. The Kier molecular flexibility index (Phi) is 6.23. The topological polar surface area (TPSA) is 114 Å². The van der Waals surface area contributed by atoms with Crippen LogP contribution in [0.1, 0.15) is 54.4 Å². The van der Waals surface area contributed by atoms with Crippen molar-refractivity contribution in [2.45, 2.75) is 56.8 Å². The van der Waals surface area contributed by atoms with Crippen LogP contribution in [0.3, 0.4) is 0 Å². The van der Waals surface area contributed by atoms with Crippen molar-refractivity contribution >= 4 is 24.8 Å². The summed E-state index contributed by atoms with van der Waals surface area (Å²) in [5.41, 5.74) is 0.761. The van der Waals surface area contributed by atoms with Crippen LogP contribution in [0.15, 0.2) is 18.2 Å². The number of carboxylic acid groups (broad SMARTS) is 1. The number of hydrogen-bond acceptors (Lipinski definition) is 5. The summed E-state index contributed by atoms with van der Waals surface area (Å²) < 4.78 is 5.51. The average Bonchev–Trinajstić information content (AvgIpc) is 3.07. The van der Waals surface area contributed by atoms with E-state index >= 15 is 0 Å². The van der Waals surface area contributed by atoms with Crippen LogP contribution in [-0.2, 0) is 11.2 Å². The Balaban J connectivity index is 1.28. The minimum atomic E-state index is -1.18. The smallest absolute Gasteiger partial charge is 0.526 e. The number of carbonyl (C=O) groups is 2. The third-order valence-electron chi connectivity index (χ3n) is 7.02. The maximum atomic E-state index is 12.7. The first-order chi connectivity index (χ1) is 14.8. The Morgan fingerprint density at radius 3 is 2.58 bits per heavy atom. The highest BCUT2D eigenvalue weighted by Crippen LogP contribution is 2.37. The Hall–Kier alpha value is -2.55. The molecule has 1 atom stereocenters. The molecular formula is C22H30BN3O5. The maximum Gasteiger partial charge on any atom is 0.526 e. The molecule has 0 spiro atoms. The van der Waals surface area contributed by atoms with E-state index in [9.17, 15) is 19.7 Å². The Bertz CT molecular complexity index is 871. The van der Waals surface area contributed by atoms with E-state index < -0.39 is 13.1 Å². The summed E-state index contributed by atoms with van der Waals surface area (Å²) in [6.07, 6.45) is 5.16. The van der Waals surface area contributed by atoms with E-state index in [1.165, 1.54) is 6.07 Å². The van der Waals surface area contributed by atoms with E-state index in [0.29, 0.717) is 30.8 Å². The average molecular weight is 427 g/mol. The van der Waals surface area contributed by atoms with Gasteiger partial charge < -0.3 is 24.6 Å². The van der Waals surface area contributed by atoms with Crippen LogP contribution in [0.5, 0.6) is 5.75 Å². The number of carbonyl (C=O) groups excluding carboxylic acids is 1. The molecule has 3 aliphatic rings. The Morgan fingerprint density at radius 2 is 1.94 bits per heavy atom. The highest BCUT2D eigenvalue weighted by molar-refractivity contribution is 6.47. The molecule has 3 N–H and O–H groups in total. The first-order valence-corrected chi connectivity index (χ1v) is 11.1. The highest BCUT2D eigenvalue weighted by Gasteiger charge is 2.38. The van der Waals surface area contributed by atoms with Crippen LogP contribution in [0.25, 0.3) is 0 Å². The second-order valence-corrected chi connectivity index (χ2v) is 9.13. The van der Waals surface area contributed by atoms with Crippen molar-refractivity contribution in [2.24, 2.45) is 5.92 Å². The van der Waals surface area contributed by atoms with Gasteiger partial charge in [-0.15, -0.1) is 0 Å². The number of rotatable bonds is 6. The number of guanidine groups is 1. The van der Waals surface area contributed by atoms with E-state index in [4.69, 9.17) is 10.1 Å². The normalized spacial score (nSPS) is 25.9. The van der Waals surface area contributed by atoms with Crippen LogP contribution in [0, 0.1) is 11.3 Å². The van der Waals surface area contributed by atoms with Crippen molar-refractivity contribution in [3.05, 3.63) is 29.3 Å². The lowest BCUT2D eigenvalue weighted by Gasteiger charge is -2.35. The maximum absolute atomic E-state index is 12.7. The molecule has 1 saturated heterocycles. The molecule has 0 bridgehead atoms. The SMILES string of the molecule is CN1CCN(C2CCC(CC(=O)C[C@H]3Cc4cccc(C(=O)O)c4OB3O)CC2)C1=N. The minimum absolute atomic E-state index is 0.0374. The summed E-state index contributed by atoms with van der Waals surface area (Å²) in [5, 5.41) is 27.9. The van der Waals surface area contributed by atoms with Gasteiger partial charge in [-0.05, 0) is 49.7 Å². The largest absolute Gasteiger partial charge is 0.535 e. The molecule has 0 radical (unpaired) electrons. The molecule has 1 aliphatic carbocycles. The van der Waals surface area contributed by atoms with Crippen LogP contribution in [-0.4, -0.2) is 70.9 Å². The molecular weight excluding hydrogens is 397 g/mol. The summed E-state index contributed by atoms with van der Waals surface area (Å²) >= 11 is 0. The molecule has 2 fully saturated rings. The first-order valence-electron chi connectivity index (χ1n) is 11.1. The third-order valence-corrected chi connectivity index (χ3v) is 7.02. The molecule has 2 aliphatic heterocycles. The van der Waals surface area contributed by atoms with Crippen molar-refractivity contribution in [1.82, 2.24) is 9.80 Å². The van der Waals surface area contributed by atoms with Crippen molar-refractivity contribution in [2.75, 3.05) is 20.1 Å². The fraction of sp³-hybridized carbons (Fsp3) is 0.591. The molecule has 31 heavy (non-hydrogen) atoms. The lowest BCUT2D eigenvalue weighted by atomic mass is 9.64. The number of fused-ring (bicyclic) bond motifs is 1. The van der Waals surface area contributed by atoms with Crippen LogP contribution >= 0.6 is 0 Å². The van der Waals surface area contributed by atoms with Crippen LogP contribution in [0.4, 0.5) is 0 Å². The van der Waals surface area contributed by atoms with Gasteiger partial charge >= 0.3 is 13.1 Å². The van der Waals surface area contributed by atoms with Crippen molar-refractivity contribution in [3.8, 4) is 5.75 Å². The van der Waals surface area contributed by atoms with Gasteiger partial charge in [-0.25, -0.2) is 4.79 Å². The monoisotopic (exact) mass is 427 g/mol. The van der Waals surface area contributed by atoms with Crippen molar-refractivity contribution in [1.29, 1.82) is 5.41 Å². The van der Waals surface area contributed by atoms with Gasteiger partial charge in [0.2, 0.25) is 0 Å². The van der Waals surface area contributed by atoms with Gasteiger partial charge in [-0.2, -0.15) is 0 Å². The molecule has 166 valence electrons. The lowest BCUT2D eigenvalue weighted by molar-refractivity contribution is -0.120. The number of ketones is 1. The Labute approximate surface area is 182 Å². The van der Waals surface area contributed by atoms with Crippen LogP contribution in [0.2, 0.25) is 5.82 Å². The quantitative estimate of drug-likeness (QED) is 0.597. The standard InChI is InChI=1S/C22H30BN3O5/c1-25-9-10-26(22(25)24)17-7-5-14(6-8-17)11-18(27)13-16-12-15-3-2-4-19(21(28)29)20(15)31-23(16)30/h2-4,14,16-17,24,30H,5-13H2,1H3,(H,28,29)/t14?,16-,17?/m1/s1. The van der Waals surface area contributed by atoms with Gasteiger partial charge in [0.1, 0.15) is 11.5 Å². The van der Waals surface area contributed by atoms with Crippen LogP contribution < -0.4 is 4.65 Å². The zero-order valence-electron chi connectivity index (χ0n) is 17.9. The summed E-state index contributed by atoms with van der Waals surface area (Å²) in [6.45, 7) is 1.81. The number of carboxylic acids is 1. The summed E-state index contributed by atoms with van der Waals surface area (Å²) in [4.78, 5) is 28.3. The summed E-state index contributed by atoms with van der Waals surface area (Å²) in [5.74, 6) is -0.154. The number of para-hydroxylation sites is 1. The summed E-state index contributed by atoms with van der Waals surface area (Å²) in [6, 6.07) is 5.31. The van der Waals surface area contributed by atoms with E-state index in [1.54, 1.807) is 12.1 Å². The molecule has 0 amide bonds. The number of nitrogens with zero attached hydrogens (tertiary/aromatic N) is 2. The third kappa shape index (κ3) is 4.56. The molecule has 1 aromatic rings. The molecule has 2 heterocycles. The molecule has 1 aromatic carbocycles. The van der Waals surface area contributed by atoms with Gasteiger partial charge in [0.05, 0.1) is 5.56 Å². The highest BCUT2D eigenvalue weighted by atomic mass is 16.5. The molecule has 0 unspecified atom stereocenters. The number of Topliss-reactive ketones (excluding diaryl/α,β-unsaturated/α-hetero) is 1. The van der Waals surface area contributed by atoms with E-state index in [2.05, 4.69) is 4.90 Å². The second kappa shape index (κ2) is 8.90. The van der Waals surface area contributed by atoms with Gasteiger partial charge in [-0.1, -0.05) is 12.1 Å². The predicted molar refractivity (Wildman–Crippen MR) is 117 cm³/mol. The molecule has 1 saturated carbocycles. The predicted octanol–water partition coefficient (Wildman–Crippen LogP) is 2.26. The van der Waals surface area contributed by atoms with E-state index in [1.807, 2.05) is 11.9 Å². The number of likely N-dealkylation sites (N-methyl/N-ethyl adjacent to an activating group) is 1. The first kappa shape index (κ1) is 21.7. The Morgan fingerprint density at radius 1 is 1.19 bits per heavy atom. The number of benzene rings is 1. The minimum Gasteiger partial charge on any atom is -0.535 e. The van der Waals surface area contributed by atoms with E-state index in [0.717, 1.165) is 44.3 Å². The summed E-state index contributed by atoms with van der Waals surface area (Å²) in [7, 11) is 0.780. The number of hydrogen-bond donors (Lipinski definition) is 3. The van der Waals surface area contributed by atoms with Crippen molar-refractivity contribution < 1.29 is 24.4 Å². The second-order valence-electron chi connectivity index (χ2n) is 9.13. The van der Waals surface area contributed by atoms with Gasteiger partial charge in [0, 0.05) is 44.8 Å².